The highest BCUT2D eigenvalue weighted by atomic mass is 32.1. The normalized spacial score (nSPS) is 10.6. The topological polar surface area (TPSA) is 24.9 Å². The van der Waals surface area contributed by atoms with Crippen LogP contribution in [0.15, 0.2) is 22.9 Å². The first-order valence-corrected chi connectivity index (χ1v) is 6.29. The summed E-state index contributed by atoms with van der Waals surface area (Å²) in [6, 6.07) is 4.17. The number of thiazole rings is 1. The number of hydrogen-bond acceptors (Lipinski definition) is 4. The molecule has 2 heterocycles. The number of nitrogens with zero attached hydrogens (tertiary/aromatic N) is 1. The average Bonchev–Trinajstić information content (AvgIpc) is 2.85. The van der Waals surface area contributed by atoms with Gasteiger partial charge in [0.25, 0.3) is 0 Å². The van der Waals surface area contributed by atoms with Crippen molar-refractivity contribution in [1.29, 1.82) is 0 Å². The van der Waals surface area contributed by atoms with Gasteiger partial charge in [-0.3, -0.25) is 0 Å². The minimum atomic E-state index is 0.997. The maximum absolute atomic E-state index is 4.58. The van der Waals surface area contributed by atoms with E-state index in [1.54, 1.807) is 22.7 Å². The van der Waals surface area contributed by atoms with Crippen molar-refractivity contribution in [3.8, 4) is 10.6 Å². The summed E-state index contributed by atoms with van der Waals surface area (Å²) in [6.07, 6.45) is 1.02. The van der Waals surface area contributed by atoms with Crippen LogP contribution in [0.2, 0.25) is 0 Å². The Balaban J connectivity index is 2.10. The lowest BCUT2D eigenvalue weighted by Crippen LogP contribution is -2.09. The molecule has 0 atom stereocenters. The van der Waals surface area contributed by atoms with Crippen LogP contribution in [0.1, 0.15) is 5.01 Å². The molecule has 0 aromatic carbocycles. The van der Waals surface area contributed by atoms with E-state index >= 15 is 0 Å². The van der Waals surface area contributed by atoms with Gasteiger partial charge in [0.05, 0.1) is 15.6 Å². The second-order valence-electron chi connectivity index (χ2n) is 2.96. The van der Waals surface area contributed by atoms with Gasteiger partial charge in [-0.15, -0.1) is 22.7 Å². The molecule has 0 aliphatic rings. The highest BCUT2D eigenvalue weighted by molar-refractivity contribution is 7.14. The molecule has 0 unspecified atom stereocenters. The summed E-state index contributed by atoms with van der Waals surface area (Å²) < 4.78 is 0. The second kappa shape index (κ2) is 4.68. The number of hydrogen-bond donors (Lipinski definition) is 1. The van der Waals surface area contributed by atoms with Gasteiger partial charge in [0.2, 0.25) is 0 Å². The van der Waals surface area contributed by atoms with Crippen LogP contribution in [-0.2, 0) is 6.42 Å². The predicted octanol–water partition coefficient (Wildman–Crippen LogP) is 2.63. The Morgan fingerprint density at radius 3 is 3.07 bits per heavy atom. The Labute approximate surface area is 91.6 Å². The largest absolute Gasteiger partial charge is 0.319 e. The van der Waals surface area contributed by atoms with Gasteiger partial charge in [0.15, 0.2) is 0 Å². The van der Waals surface area contributed by atoms with Crippen molar-refractivity contribution in [2.75, 3.05) is 13.6 Å². The van der Waals surface area contributed by atoms with Crippen LogP contribution >= 0.6 is 22.7 Å². The molecule has 74 valence electrons. The van der Waals surface area contributed by atoms with Gasteiger partial charge in [-0.2, -0.15) is 0 Å². The van der Waals surface area contributed by atoms with E-state index in [1.165, 1.54) is 9.88 Å². The molecule has 4 heteroatoms. The van der Waals surface area contributed by atoms with Gasteiger partial charge in [-0.05, 0) is 18.5 Å². The maximum atomic E-state index is 4.58. The number of thiophene rings is 1. The van der Waals surface area contributed by atoms with Crippen molar-refractivity contribution in [3.63, 3.8) is 0 Å². The summed E-state index contributed by atoms with van der Waals surface area (Å²) >= 11 is 3.49. The van der Waals surface area contributed by atoms with Crippen molar-refractivity contribution in [3.05, 3.63) is 27.9 Å². The Hall–Kier alpha value is -0.710. The Kier molecular flexibility index (Phi) is 3.29. The smallest absolute Gasteiger partial charge is 0.0945 e. The molecule has 2 aromatic heterocycles. The summed E-state index contributed by atoms with van der Waals surface area (Å²) in [4.78, 5) is 5.84. The van der Waals surface area contributed by atoms with Crippen LogP contribution in [0.25, 0.3) is 10.6 Å². The molecule has 0 spiro atoms. The van der Waals surface area contributed by atoms with E-state index in [4.69, 9.17) is 0 Å². The monoisotopic (exact) mass is 224 g/mol. The van der Waals surface area contributed by atoms with Crippen molar-refractivity contribution >= 4 is 22.7 Å². The van der Waals surface area contributed by atoms with E-state index in [2.05, 4.69) is 33.2 Å². The Morgan fingerprint density at radius 1 is 1.43 bits per heavy atom. The lowest BCUT2D eigenvalue weighted by Gasteiger charge is -1.93. The summed E-state index contributed by atoms with van der Waals surface area (Å²) in [5.74, 6) is 0. The van der Waals surface area contributed by atoms with Crippen molar-refractivity contribution in [2.45, 2.75) is 6.42 Å². The first-order valence-electron chi connectivity index (χ1n) is 4.53. The zero-order valence-corrected chi connectivity index (χ0v) is 9.62. The minimum Gasteiger partial charge on any atom is -0.319 e. The maximum Gasteiger partial charge on any atom is 0.0945 e. The summed E-state index contributed by atoms with van der Waals surface area (Å²) in [5, 5.41) is 8.56. The van der Waals surface area contributed by atoms with Gasteiger partial charge in [0, 0.05) is 18.3 Å². The molecule has 0 amide bonds. The van der Waals surface area contributed by atoms with E-state index in [-0.39, 0.29) is 0 Å². The zero-order chi connectivity index (χ0) is 9.80. The third-order valence-electron chi connectivity index (χ3n) is 1.91. The van der Waals surface area contributed by atoms with Gasteiger partial charge in [-0.25, -0.2) is 4.98 Å². The standard InChI is InChI=1S/C10H12N2S2/c1-11-5-4-10-12-8(7-14-10)9-3-2-6-13-9/h2-3,6-7,11H,4-5H2,1H3. The van der Waals surface area contributed by atoms with E-state index < -0.39 is 0 Å². The van der Waals surface area contributed by atoms with Crippen LogP contribution in [0.3, 0.4) is 0 Å². The molecule has 0 saturated heterocycles. The van der Waals surface area contributed by atoms with Crippen LogP contribution in [0.4, 0.5) is 0 Å². The quantitative estimate of drug-likeness (QED) is 0.863. The molecule has 2 rings (SSSR count). The number of nitrogens with one attached hydrogen (secondary N) is 1. The lowest BCUT2D eigenvalue weighted by molar-refractivity contribution is 0.788. The molecular formula is C10H12N2S2. The molecular weight excluding hydrogens is 212 g/mol. The van der Waals surface area contributed by atoms with Crippen molar-refractivity contribution in [2.24, 2.45) is 0 Å². The van der Waals surface area contributed by atoms with E-state index in [1.807, 2.05) is 7.05 Å². The van der Waals surface area contributed by atoms with E-state index in [0.717, 1.165) is 18.7 Å². The Morgan fingerprint density at radius 2 is 2.36 bits per heavy atom. The number of aromatic nitrogens is 1. The molecule has 0 aliphatic carbocycles. The van der Waals surface area contributed by atoms with Gasteiger partial charge in [0.1, 0.15) is 0 Å². The van der Waals surface area contributed by atoms with Crippen molar-refractivity contribution in [1.82, 2.24) is 10.3 Å². The van der Waals surface area contributed by atoms with E-state index in [9.17, 15) is 0 Å². The second-order valence-corrected chi connectivity index (χ2v) is 4.85. The third kappa shape index (κ3) is 2.20. The third-order valence-corrected chi connectivity index (χ3v) is 3.72. The summed E-state index contributed by atoms with van der Waals surface area (Å²) in [5.41, 5.74) is 1.12. The lowest BCUT2D eigenvalue weighted by atomic mass is 10.4. The fourth-order valence-electron chi connectivity index (χ4n) is 1.20. The highest BCUT2D eigenvalue weighted by Crippen LogP contribution is 2.25. The molecule has 2 nitrogen and oxygen atoms in total. The molecule has 0 aliphatic heterocycles. The van der Waals surface area contributed by atoms with Crippen molar-refractivity contribution < 1.29 is 0 Å². The van der Waals surface area contributed by atoms with Crippen LogP contribution < -0.4 is 5.32 Å². The fraction of sp³-hybridized carbons (Fsp3) is 0.300. The fourth-order valence-corrected chi connectivity index (χ4v) is 2.75. The average molecular weight is 224 g/mol. The van der Waals surface area contributed by atoms with Crippen LogP contribution in [-0.4, -0.2) is 18.6 Å². The molecule has 0 saturated carbocycles. The first-order chi connectivity index (χ1) is 6.90. The molecule has 14 heavy (non-hydrogen) atoms. The van der Waals surface area contributed by atoms with Gasteiger partial charge < -0.3 is 5.32 Å². The number of rotatable bonds is 4. The molecule has 0 bridgehead atoms. The first kappa shape index (κ1) is 9.83. The van der Waals surface area contributed by atoms with E-state index in [0.29, 0.717) is 0 Å². The molecule has 1 N–H and O–H groups in total. The Bertz CT molecular complexity index is 378. The SMILES string of the molecule is CNCCc1nc(-c2cccs2)cs1. The van der Waals surface area contributed by atoms with Gasteiger partial charge >= 0.3 is 0 Å². The molecule has 0 fully saturated rings. The zero-order valence-electron chi connectivity index (χ0n) is 7.99. The minimum absolute atomic E-state index is 0.997. The predicted molar refractivity (Wildman–Crippen MR) is 63.1 cm³/mol. The van der Waals surface area contributed by atoms with Gasteiger partial charge in [-0.1, -0.05) is 6.07 Å². The summed E-state index contributed by atoms with van der Waals surface area (Å²) in [7, 11) is 1.97. The highest BCUT2D eigenvalue weighted by Gasteiger charge is 2.04. The molecule has 0 radical (unpaired) electrons. The van der Waals surface area contributed by atoms with Crippen LogP contribution in [0.5, 0.6) is 0 Å². The van der Waals surface area contributed by atoms with Crippen LogP contribution in [0, 0.1) is 0 Å². The molecule has 2 aromatic rings. The number of likely N-dealkylation sites (N-methyl/N-ethyl adjacent to an activating group) is 1. The summed E-state index contributed by atoms with van der Waals surface area (Å²) in [6.45, 7) is 0.997.